The fourth-order valence-corrected chi connectivity index (χ4v) is 4.06. The highest BCUT2D eigenvalue weighted by Crippen LogP contribution is 2.33. The predicted molar refractivity (Wildman–Crippen MR) is 142 cm³/mol. The molecule has 0 spiro atoms. The van der Waals surface area contributed by atoms with Gasteiger partial charge in [-0.1, -0.05) is 23.2 Å². The van der Waals surface area contributed by atoms with E-state index in [0.29, 0.717) is 50.7 Å². The van der Waals surface area contributed by atoms with Crippen LogP contribution in [0.5, 0.6) is 5.75 Å². The number of methoxy groups -OCH3 is 1. The number of nitrogens with one attached hydrogen (secondary N) is 2. The molecule has 0 saturated heterocycles. The Balaban J connectivity index is 1.73. The van der Waals surface area contributed by atoms with Gasteiger partial charge >= 0.3 is 6.03 Å². The van der Waals surface area contributed by atoms with Gasteiger partial charge < -0.3 is 15.4 Å². The van der Waals surface area contributed by atoms with Crippen LogP contribution in [0, 0.1) is 0 Å². The Hall–Kier alpha value is -3.79. The van der Waals surface area contributed by atoms with Crippen molar-refractivity contribution >= 4 is 52.2 Å². The van der Waals surface area contributed by atoms with Gasteiger partial charge in [-0.05, 0) is 61.5 Å². The van der Waals surface area contributed by atoms with Crippen molar-refractivity contribution in [3.05, 3.63) is 76.5 Å². The molecular formula is C25H24Cl2N6O3. The van der Waals surface area contributed by atoms with E-state index in [0.717, 1.165) is 10.6 Å². The van der Waals surface area contributed by atoms with Gasteiger partial charge in [0.1, 0.15) is 5.75 Å². The topological polar surface area (TPSA) is 114 Å². The maximum Gasteiger partial charge on any atom is 0.319 e. The van der Waals surface area contributed by atoms with E-state index in [1.54, 1.807) is 60.2 Å². The number of nitrogens with two attached hydrogens (primary N) is 1. The molecule has 2 aromatic heterocycles. The van der Waals surface area contributed by atoms with Gasteiger partial charge in [0.15, 0.2) is 5.65 Å². The summed E-state index contributed by atoms with van der Waals surface area (Å²) in [5, 5.41) is 7.56. The molecule has 0 saturated carbocycles. The first-order valence-electron chi connectivity index (χ1n) is 11.0. The van der Waals surface area contributed by atoms with Gasteiger partial charge in [0.05, 0.1) is 41.3 Å². The van der Waals surface area contributed by atoms with Crippen LogP contribution in [0.25, 0.3) is 16.9 Å². The second-order valence-electron chi connectivity index (χ2n) is 7.81. The zero-order valence-electron chi connectivity index (χ0n) is 19.6. The van der Waals surface area contributed by atoms with Crippen LogP contribution < -0.4 is 26.2 Å². The molecular weight excluding hydrogens is 503 g/mol. The number of imidazole rings is 1. The van der Waals surface area contributed by atoms with Gasteiger partial charge in [-0.3, -0.25) is 9.20 Å². The number of carbonyl (C=O) groups is 2. The number of fused-ring (bicyclic) bond motifs is 1. The van der Waals surface area contributed by atoms with Gasteiger partial charge in [-0.2, -0.15) is 0 Å². The molecule has 2 heterocycles. The average Bonchev–Trinajstić information content (AvgIpc) is 3.28. The Morgan fingerprint density at radius 3 is 2.53 bits per heavy atom. The van der Waals surface area contributed by atoms with E-state index in [9.17, 15) is 9.59 Å². The lowest BCUT2D eigenvalue weighted by molar-refractivity contribution is -0.118. The molecule has 0 aliphatic carbocycles. The Morgan fingerprint density at radius 1 is 1.11 bits per heavy atom. The first kappa shape index (κ1) is 25.3. The molecule has 9 nitrogen and oxygen atoms in total. The number of pyridine rings is 1. The normalized spacial score (nSPS) is 10.8. The van der Waals surface area contributed by atoms with Crippen molar-refractivity contribution in [3.8, 4) is 17.0 Å². The molecule has 0 aliphatic rings. The monoisotopic (exact) mass is 526 g/mol. The minimum Gasteiger partial charge on any atom is -0.497 e. The Kier molecular flexibility index (Phi) is 7.64. The highest BCUT2D eigenvalue weighted by molar-refractivity contribution is 6.33. The van der Waals surface area contributed by atoms with Gasteiger partial charge in [0.2, 0.25) is 5.91 Å². The summed E-state index contributed by atoms with van der Waals surface area (Å²) in [4.78, 5) is 29.7. The summed E-state index contributed by atoms with van der Waals surface area (Å²) >= 11 is 12.5. The number of rotatable bonds is 7. The zero-order valence-corrected chi connectivity index (χ0v) is 21.1. The predicted octanol–water partition coefficient (Wildman–Crippen LogP) is 4.91. The Labute approximate surface area is 217 Å². The third kappa shape index (κ3) is 5.38. The SMILES string of the molecule is CCNC(=O)Nc1ccc(-c2ccc(OC)cc2Cl)n2cc(CC(=O)N(N)c3ccc(Cl)cc3)nc12. The van der Waals surface area contributed by atoms with Crippen molar-refractivity contribution in [2.45, 2.75) is 13.3 Å². The largest absolute Gasteiger partial charge is 0.497 e. The summed E-state index contributed by atoms with van der Waals surface area (Å²) in [6.07, 6.45) is 1.65. The molecule has 0 aliphatic heterocycles. The number of nitrogens with zero attached hydrogens (tertiary/aromatic N) is 3. The minimum absolute atomic E-state index is 0.0722. The highest BCUT2D eigenvalue weighted by Gasteiger charge is 2.19. The summed E-state index contributed by atoms with van der Waals surface area (Å²) in [5.74, 6) is 6.29. The number of amides is 3. The number of aromatic nitrogens is 2. The molecule has 4 N–H and O–H groups in total. The van der Waals surface area contributed by atoms with Gasteiger partial charge in [0, 0.05) is 23.3 Å². The summed E-state index contributed by atoms with van der Waals surface area (Å²) in [7, 11) is 1.56. The minimum atomic E-state index is -0.372. The van der Waals surface area contributed by atoms with E-state index < -0.39 is 0 Å². The molecule has 0 radical (unpaired) electrons. The van der Waals surface area contributed by atoms with E-state index in [4.69, 9.17) is 33.8 Å². The number of hydrogen-bond donors (Lipinski definition) is 3. The zero-order chi connectivity index (χ0) is 25.8. The maximum atomic E-state index is 12.9. The number of benzene rings is 2. The van der Waals surface area contributed by atoms with Crippen molar-refractivity contribution in [1.82, 2.24) is 14.7 Å². The first-order valence-corrected chi connectivity index (χ1v) is 11.8. The van der Waals surface area contributed by atoms with Crippen LogP contribution in [-0.4, -0.2) is 35.0 Å². The highest BCUT2D eigenvalue weighted by atomic mass is 35.5. The molecule has 2 aromatic carbocycles. The van der Waals surface area contributed by atoms with E-state index in [1.807, 2.05) is 19.1 Å². The fraction of sp³-hybridized carbons (Fsp3) is 0.160. The number of carbonyl (C=O) groups excluding carboxylic acids is 2. The summed E-state index contributed by atoms with van der Waals surface area (Å²) in [6.45, 7) is 2.29. The van der Waals surface area contributed by atoms with Crippen LogP contribution in [0.1, 0.15) is 12.6 Å². The molecule has 186 valence electrons. The van der Waals surface area contributed by atoms with Crippen molar-refractivity contribution in [1.29, 1.82) is 0 Å². The Bertz CT molecular complexity index is 1420. The second kappa shape index (κ2) is 10.9. The number of hydrazine groups is 1. The number of ether oxygens (including phenoxy) is 1. The molecule has 0 fully saturated rings. The smallest absolute Gasteiger partial charge is 0.319 e. The molecule has 36 heavy (non-hydrogen) atoms. The van der Waals surface area contributed by atoms with E-state index in [1.165, 1.54) is 0 Å². The number of halogens is 2. The third-order valence-corrected chi connectivity index (χ3v) is 5.97. The molecule has 0 unspecified atom stereocenters. The lowest BCUT2D eigenvalue weighted by Crippen LogP contribution is -2.38. The summed E-state index contributed by atoms with van der Waals surface area (Å²) in [5.41, 5.74) is 3.31. The van der Waals surface area contributed by atoms with Gasteiger partial charge in [-0.25, -0.2) is 20.6 Å². The van der Waals surface area contributed by atoms with Crippen molar-refractivity contribution in [2.24, 2.45) is 5.84 Å². The second-order valence-corrected chi connectivity index (χ2v) is 8.65. The third-order valence-electron chi connectivity index (χ3n) is 5.41. The Morgan fingerprint density at radius 2 is 1.86 bits per heavy atom. The van der Waals surface area contributed by atoms with Crippen LogP contribution in [-0.2, 0) is 11.2 Å². The fourth-order valence-electron chi connectivity index (χ4n) is 3.67. The van der Waals surface area contributed by atoms with Crippen molar-refractivity contribution in [3.63, 3.8) is 0 Å². The molecule has 3 amide bonds. The molecule has 4 rings (SSSR count). The molecule has 0 atom stereocenters. The quantitative estimate of drug-likeness (QED) is 0.180. The van der Waals surface area contributed by atoms with E-state index in [-0.39, 0.29) is 18.4 Å². The van der Waals surface area contributed by atoms with Crippen LogP contribution in [0.3, 0.4) is 0 Å². The van der Waals surface area contributed by atoms with Crippen LogP contribution in [0.4, 0.5) is 16.2 Å². The lowest BCUT2D eigenvalue weighted by atomic mass is 10.1. The van der Waals surface area contributed by atoms with Crippen molar-refractivity contribution in [2.75, 3.05) is 24.0 Å². The van der Waals surface area contributed by atoms with E-state index in [2.05, 4.69) is 15.6 Å². The van der Waals surface area contributed by atoms with E-state index >= 15 is 0 Å². The number of anilines is 2. The standard InChI is InChI=1S/C25H24Cl2N6O3/c1-3-29-25(35)31-21-10-11-22(19-9-8-18(36-2)13-20(19)27)32-14-16(30-24(21)32)12-23(34)33(28)17-6-4-15(26)5-7-17/h4-11,13-14H,3,12,28H2,1-2H3,(H2,29,31,35). The summed E-state index contributed by atoms with van der Waals surface area (Å²) < 4.78 is 7.03. The van der Waals surface area contributed by atoms with Crippen LogP contribution >= 0.6 is 23.2 Å². The molecule has 4 aromatic rings. The molecule has 11 heteroatoms. The summed E-state index contributed by atoms with van der Waals surface area (Å²) in [6, 6.07) is 15.1. The van der Waals surface area contributed by atoms with Crippen molar-refractivity contribution < 1.29 is 14.3 Å². The van der Waals surface area contributed by atoms with Gasteiger partial charge in [0.25, 0.3) is 0 Å². The van der Waals surface area contributed by atoms with Crippen LogP contribution in [0.15, 0.2) is 60.8 Å². The average molecular weight is 527 g/mol. The maximum absolute atomic E-state index is 12.9. The lowest BCUT2D eigenvalue weighted by Gasteiger charge is -2.16. The first-order chi connectivity index (χ1) is 17.3. The molecule has 0 bridgehead atoms. The number of hydrogen-bond acceptors (Lipinski definition) is 5. The van der Waals surface area contributed by atoms with Crippen LogP contribution in [0.2, 0.25) is 10.0 Å². The number of urea groups is 1. The van der Waals surface area contributed by atoms with Gasteiger partial charge in [-0.15, -0.1) is 0 Å².